The van der Waals surface area contributed by atoms with Crippen LogP contribution in [-0.2, 0) is 13.5 Å². The van der Waals surface area contributed by atoms with Crippen molar-refractivity contribution in [3.63, 3.8) is 0 Å². The van der Waals surface area contributed by atoms with Gasteiger partial charge in [0.25, 0.3) is 0 Å². The van der Waals surface area contributed by atoms with Crippen molar-refractivity contribution in [3.05, 3.63) is 18.0 Å². The molecule has 0 unspecified atom stereocenters. The molecule has 16 heavy (non-hydrogen) atoms. The average molecular weight is 224 g/mol. The van der Waals surface area contributed by atoms with Crippen LogP contribution in [0.15, 0.2) is 12.3 Å². The molecular formula is C12H24N4. The van der Waals surface area contributed by atoms with Crippen molar-refractivity contribution in [2.75, 3.05) is 19.6 Å². The Morgan fingerprint density at radius 2 is 2.00 bits per heavy atom. The lowest BCUT2D eigenvalue weighted by atomic mass is 10.1. The third-order valence-electron chi connectivity index (χ3n) is 2.44. The maximum atomic E-state index is 4.14. The van der Waals surface area contributed by atoms with Crippen LogP contribution in [0.3, 0.4) is 0 Å². The third kappa shape index (κ3) is 5.28. The first-order valence-corrected chi connectivity index (χ1v) is 5.92. The van der Waals surface area contributed by atoms with Crippen molar-refractivity contribution in [2.24, 2.45) is 7.05 Å². The zero-order chi connectivity index (χ0) is 12.0. The van der Waals surface area contributed by atoms with Crippen LogP contribution in [-0.4, -0.2) is 35.0 Å². The van der Waals surface area contributed by atoms with Crippen molar-refractivity contribution in [3.8, 4) is 0 Å². The normalized spacial score (nSPS) is 12.0. The van der Waals surface area contributed by atoms with Gasteiger partial charge in [0, 0.05) is 50.5 Å². The Kier molecular flexibility index (Phi) is 4.96. The van der Waals surface area contributed by atoms with Gasteiger partial charge >= 0.3 is 0 Å². The van der Waals surface area contributed by atoms with Crippen LogP contribution < -0.4 is 10.6 Å². The molecule has 92 valence electrons. The maximum Gasteiger partial charge on any atom is 0.0492 e. The van der Waals surface area contributed by atoms with Gasteiger partial charge in [-0.15, -0.1) is 0 Å². The van der Waals surface area contributed by atoms with E-state index in [2.05, 4.69) is 42.6 Å². The molecule has 2 N–H and O–H groups in total. The summed E-state index contributed by atoms with van der Waals surface area (Å²) in [4.78, 5) is 0. The fourth-order valence-electron chi connectivity index (χ4n) is 1.51. The van der Waals surface area contributed by atoms with E-state index in [0.717, 1.165) is 26.1 Å². The molecule has 0 radical (unpaired) electrons. The number of nitrogens with one attached hydrogen (secondary N) is 2. The Morgan fingerprint density at radius 1 is 1.25 bits per heavy atom. The molecule has 0 aliphatic rings. The summed E-state index contributed by atoms with van der Waals surface area (Å²) in [5.41, 5.74) is 1.49. The summed E-state index contributed by atoms with van der Waals surface area (Å²) < 4.78 is 1.93. The fourth-order valence-corrected chi connectivity index (χ4v) is 1.51. The van der Waals surface area contributed by atoms with Gasteiger partial charge in [0.15, 0.2) is 0 Å². The van der Waals surface area contributed by atoms with Crippen molar-refractivity contribution in [1.29, 1.82) is 0 Å². The van der Waals surface area contributed by atoms with Gasteiger partial charge in [0.05, 0.1) is 0 Å². The molecule has 0 saturated carbocycles. The zero-order valence-electron chi connectivity index (χ0n) is 10.9. The average Bonchev–Trinajstić information content (AvgIpc) is 2.56. The van der Waals surface area contributed by atoms with Crippen molar-refractivity contribution < 1.29 is 0 Å². The molecule has 1 aromatic rings. The highest BCUT2D eigenvalue weighted by atomic mass is 15.3. The monoisotopic (exact) mass is 224 g/mol. The van der Waals surface area contributed by atoms with Crippen molar-refractivity contribution in [2.45, 2.75) is 32.7 Å². The minimum Gasteiger partial charge on any atom is -0.315 e. The summed E-state index contributed by atoms with van der Waals surface area (Å²) in [6.07, 6.45) is 2.88. The van der Waals surface area contributed by atoms with Gasteiger partial charge in [-0.05, 0) is 26.8 Å². The van der Waals surface area contributed by atoms with E-state index in [9.17, 15) is 0 Å². The van der Waals surface area contributed by atoms with E-state index in [1.54, 1.807) is 0 Å². The van der Waals surface area contributed by atoms with Crippen LogP contribution in [0.2, 0.25) is 0 Å². The number of rotatable bonds is 6. The third-order valence-corrected chi connectivity index (χ3v) is 2.44. The first kappa shape index (κ1) is 13.2. The van der Waals surface area contributed by atoms with Gasteiger partial charge in [-0.1, -0.05) is 0 Å². The highest BCUT2D eigenvalue weighted by Gasteiger charge is 2.06. The summed E-state index contributed by atoms with van der Waals surface area (Å²) >= 11 is 0. The number of hydrogen-bond acceptors (Lipinski definition) is 3. The molecule has 0 amide bonds. The summed E-state index contributed by atoms with van der Waals surface area (Å²) in [5, 5.41) is 11.0. The minimum absolute atomic E-state index is 0.212. The molecule has 0 aliphatic heterocycles. The molecule has 0 atom stereocenters. The number of nitrogens with zero attached hydrogens (tertiary/aromatic N) is 2. The molecule has 1 aromatic heterocycles. The lowest BCUT2D eigenvalue weighted by Crippen LogP contribution is -2.40. The second-order valence-electron chi connectivity index (χ2n) is 5.12. The van der Waals surface area contributed by atoms with Crippen LogP contribution in [0, 0.1) is 0 Å². The predicted molar refractivity (Wildman–Crippen MR) is 67.5 cm³/mol. The highest BCUT2D eigenvalue weighted by molar-refractivity contribution is 5.00. The molecule has 0 saturated heterocycles. The second-order valence-corrected chi connectivity index (χ2v) is 5.12. The van der Waals surface area contributed by atoms with Crippen LogP contribution in [0.1, 0.15) is 26.5 Å². The summed E-state index contributed by atoms with van der Waals surface area (Å²) in [7, 11) is 1.98. The Labute approximate surface area is 98.4 Å². The standard InChI is InChI=1S/C12H24N4/c1-12(2,3)14-10-9-13-7-5-11-6-8-15-16(11)4/h6,8,13-14H,5,7,9-10H2,1-4H3. The summed E-state index contributed by atoms with van der Waals surface area (Å²) in [6.45, 7) is 9.57. The van der Waals surface area contributed by atoms with Crippen molar-refractivity contribution >= 4 is 0 Å². The SMILES string of the molecule is Cn1nccc1CCNCCNC(C)(C)C. The molecule has 0 bridgehead atoms. The Bertz CT molecular complexity index is 298. The molecule has 0 spiro atoms. The van der Waals surface area contributed by atoms with E-state index >= 15 is 0 Å². The van der Waals surface area contributed by atoms with Crippen LogP contribution >= 0.6 is 0 Å². The number of aryl methyl sites for hydroxylation is 1. The van der Waals surface area contributed by atoms with Gasteiger partial charge in [-0.2, -0.15) is 5.10 Å². The topological polar surface area (TPSA) is 41.9 Å². The molecule has 4 heteroatoms. The largest absolute Gasteiger partial charge is 0.315 e. The fraction of sp³-hybridized carbons (Fsp3) is 0.750. The quantitative estimate of drug-likeness (QED) is 0.707. The predicted octanol–water partition coefficient (Wildman–Crippen LogP) is 0.940. The van der Waals surface area contributed by atoms with Gasteiger partial charge < -0.3 is 10.6 Å². The molecule has 4 nitrogen and oxygen atoms in total. The Hall–Kier alpha value is -0.870. The van der Waals surface area contributed by atoms with Crippen LogP contribution in [0.25, 0.3) is 0 Å². The lowest BCUT2D eigenvalue weighted by molar-refractivity contribution is 0.422. The summed E-state index contributed by atoms with van der Waals surface area (Å²) in [5.74, 6) is 0. The Morgan fingerprint density at radius 3 is 2.56 bits per heavy atom. The second kappa shape index (κ2) is 6.01. The van der Waals surface area contributed by atoms with E-state index in [1.165, 1.54) is 5.69 Å². The van der Waals surface area contributed by atoms with E-state index in [1.807, 2.05) is 17.9 Å². The molecule has 0 fully saturated rings. The zero-order valence-corrected chi connectivity index (χ0v) is 10.9. The molecular weight excluding hydrogens is 200 g/mol. The highest BCUT2D eigenvalue weighted by Crippen LogP contribution is 1.97. The lowest BCUT2D eigenvalue weighted by Gasteiger charge is -2.20. The van der Waals surface area contributed by atoms with E-state index in [-0.39, 0.29) is 5.54 Å². The van der Waals surface area contributed by atoms with Gasteiger partial charge in [0.2, 0.25) is 0 Å². The minimum atomic E-state index is 0.212. The van der Waals surface area contributed by atoms with Gasteiger partial charge in [0.1, 0.15) is 0 Å². The number of aromatic nitrogens is 2. The Balaban J connectivity index is 2.03. The first-order valence-electron chi connectivity index (χ1n) is 5.92. The first-order chi connectivity index (χ1) is 7.49. The van der Waals surface area contributed by atoms with E-state index in [4.69, 9.17) is 0 Å². The smallest absolute Gasteiger partial charge is 0.0492 e. The van der Waals surface area contributed by atoms with Gasteiger partial charge in [-0.25, -0.2) is 0 Å². The molecule has 1 heterocycles. The molecule has 1 rings (SSSR count). The van der Waals surface area contributed by atoms with E-state index in [0.29, 0.717) is 0 Å². The van der Waals surface area contributed by atoms with Crippen LogP contribution in [0.5, 0.6) is 0 Å². The van der Waals surface area contributed by atoms with Gasteiger partial charge in [-0.3, -0.25) is 4.68 Å². The molecule has 0 aliphatic carbocycles. The molecule has 0 aromatic carbocycles. The summed E-state index contributed by atoms with van der Waals surface area (Å²) in [6, 6.07) is 2.06. The van der Waals surface area contributed by atoms with Crippen LogP contribution in [0.4, 0.5) is 0 Å². The number of hydrogen-bond donors (Lipinski definition) is 2. The maximum absolute atomic E-state index is 4.14. The van der Waals surface area contributed by atoms with E-state index < -0.39 is 0 Å². The van der Waals surface area contributed by atoms with Crippen molar-refractivity contribution in [1.82, 2.24) is 20.4 Å².